The number of rotatable bonds is 0. The van der Waals surface area contributed by atoms with Crippen LogP contribution in [-0.2, 0) is 14.4 Å². The van der Waals surface area contributed by atoms with Gasteiger partial charge in [-0.2, -0.15) is 0 Å². The molecule has 3 fully saturated rings. The van der Waals surface area contributed by atoms with Crippen LogP contribution in [0.4, 0.5) is 4.39 Å². The highest BCUT2D eigenvalue weighted by Gasteiger charge is 2.71. The molecule has 0 N–H and O–H groups in total. The lowest BCUT2D eigenvalue weighted by Gasteiger charge is -2.57. The Labute approximate surface area is 141 Å². The fourth-order valence-corrected chi connectivity index (χ4v) is 6.06. The molecule has 0 radical (unpaired) electrons. The Kier molecular flexibility index (Phi) is 3.00. The first-order chi connectivity index (χ1) is 11.1. The van der Waals surface area contributed by atoms with Crippen LogP contribution in [0.25, 0.3) is 0 Å². The molecule has 4 heteroatoms. The van der Waals surface area contributed by atoms with Crippen LogP contribution in [-0.4, -0.2) is 23.0 Å². The van der Waals surface area contributed by atoms with E-state index in [1.165, 1.54) is 12.2 Å². The van der Waals surface area contributed by atoms with Gasteiger partial charge >= 0.3 is 0 Å². The highest BCUT2D eigenvalue weighted by Crippen LogP contribution is 2.66. The van der Waals surface area contributed by atoms with Crippen LogP contribution >= 0.6 is 0 Å². The largest absolute Gasteiger partial charge is 0.299 e. The van der Waals surface area contributed by atoms with E-state index in [1.54, 1.807) is 13.0 Å². The average Bonchev–Trinajstić information content (AvgIpc) is 2.74. The van der Waals surface area contributed by atoms with Crippen molar-refractivity contribution in [2.75, 3.05) is 0 Å². The van der Waals surface area contributed by atoms with E-state index in [1.807, 2.05) is 13.8 Å². The highest BCUT2D eigenvalue weighted by molar-refractivity contribution is 6.03. The summed E-state index contributed by atoms with van der Waals surface area (Å²) in [4.78, 5) is 37.4. The van der Waals surface area contributed by atoms with Crippen molar-refractivity contribution in [1.82, 2.24) is 0 Å². The minimum absolute atomic E-state index is 0.0154. The fraction of sp³-hybridized carbons (Fsp3) is 0.650. The molecule has 3 nitrogen and oxygen atoms in total. The van der Waals surface area contributed by atoms with Gasteiger partial charge < -0.3 is 0 Å². The van der Waals surface area contributed by atoms with Gasteiger partial charge in [0.25, 0.3) is 0 Å². The van der Waals surface area contributed by atoms with Gasteiger partial charge in [-0.15, -0.1) is 0 Å². The summed E-state index contributed by atoms with van der Waals surface area (Å²) in [5.41, 5.74) is -3.06. The zero-order valence-electron chi connectivity index (χ0n) is 14.4. The van der Waals surface area contributed by atoms with E-state index in [2.05, 4.69) is 0 Å². The molecular weight excluding hydrogens is 307 g/mol. The van der Waals surface area contributed by atoms with Crippen LogP contribution in [0, 0.1) is 28.6 Å². The summed E-state index contributed by atoms with van der Waals surface area (Å²) in [5, 5.41) is 0. The molecule has 0 saturated heterocycles. The molecule has 0 amide bonds. The Morgan fingerprint density at radius 1 is 1.17 bits per heavy atom. The van der Waals surface area contributed by atoms with E-state index in [-0.39, 0.29) is 29.8 Å². The summed E-state index contributed by atoms with van der Waals surface area (Å²) < 4.78 is 16.5. The molecule has 0 unspecified atom stereocenters. The van der Waals surface area contributed by atoms with Crippen molar-refractivity contribution in [1.29, 1.82) is 0 Å². The van der Waals surface area contributed by atoms with Crippen molar-refractivity contribution in [3.8, 4) is 0 Å². The molecule has 4 aliphatic carbocycles. The molecule has 6 atom stereocenters. The lowest BCUT2D eigenvalue weighted by atomic mass is 9.46. The van der Waals surface area contributed by atoms with E-state index >= 15 is 4.39 Å². The lowest BCUT2D eigenvalue weighted by Crippen LogP contribution is -2.64. The maximum atomic E-state index is 16.5. The third-order valence-corrected chi connectivity index (χ3v) is 7.41. The summed E-state index contributed by atoms with van der Waals surface area (Å²) >= 11 is 0. The third kappa shape index (κ3) is 1.60. The van der Waals surface area contributed by atoms with Crippen molar-refractivity contribution in [3.05, 3.63) is 23.8 Å². The number of hydrogen-bond donors (Lipinski definition) is 0. The second-order valence-electron chi connectivity index (χ2n) is 8.59. The third-order valence-electron chi connectivity index (χ3n) is 7.41. The molecule has 0 aliphatic heterocycles. The maximum Gasteiger partial charge on any atom is 0.184 e. The first-order valence-electron chi connectivity index (χ1n) is 8.85. The van der Waals surface area contributed by atoms with Crippen LogP contribution in [0.2, 0.25) is 0 Å². The second kappa shape index (κ2) is 4.53. The number of fused-ring (bicyclic) bond motifs is 5. The Hall–Kier alpha value is -1.58. The normalized spacial score (nSPS) is 50.2. The SMILES string of the molecule is C[C@@H]1C[C@H]2[C@@H]3CCC4=CC(=O)C=C[C@]4(C)[C@@]3(F)C(=O)C[C@]2(C)C1=O. The Balaban J connectivity index is 1.86. The van der Waals surface area contributed by atoms with Gasteiger partial charge in [0.1, 0.15) is 5.78 Å². The number of hydrogen-bond acceptors (Lipinski definition) is 3. The molecule has 0 aromatic heterocycles. The van der Waals surface area contributed by atoms with Crippen molar-refractivity contribution in [3.63, 3.8) is 0 Å². The van der Waals surface area contributed by atoms with Gasteiger partial charge in [-0.25, -0.2) is 4.39 Å². The fourth-order valence-electron chi connectivity index (χ4n) is 6.06. The Morgan fingerprint density at radius 2 is 1.88 bits per heavy atom. The summed E-state index contributed by atoms with van der Waals surface area (Å²) in [7, 11) is 0. The summed E-state index contributed by atoms with van der Waals surface area (Å²) in [6.45, 7) is 5.49. The molecule has 4 aliphatic rings. The molecule has 0 aromatic carbocycles. The Morgan fingerprint density at radius 3 is 2.58 bits per heavy atom. The van der Waals surface area contributed by atoms with Gasteiger partial charge in [0.05, 0.1) is 0 Å². The maximum absolute atomic E-state index is 16.5. The number of carbonyl (C=O) groups excluding carboxylic acids is 3. The monoisotopic (exact) mass is 330 g/mol. The molecule has 0 spiro atoms. The first kappa shape index (κ1) is 15.9. The van der Waals surface area contributed by atoms with Gasteiger partial charge in [0, 0.05) is 29.1 Å². The molecular formula is C20H23FO3. The van der Waals surface area contributed by atoms with Crippen LogP contribution in [0.1, 0.15) is 46.5 Å². The van der Waals surface area contributed by atoms with E-state index in [0.717, 1.165) is 5.57 Å². The van der Waals surface area contributed by atoms with E-state index in [0.29, 0.717) is 19.3 Å². The van der Waals surface area contributed by atoms with Gasteiger partial charge in [-0.1, -0.05) is 25.5 Å². The second-order valence-corrected chi connectivity index (χ2v) is 8.59. The van der Waals surface area contributed by atoms with E-state index in [9.17, 15) is 14.4 Å². The van der Waals surface area contributed by atoms with Gasteiger partial charge in [-0.05, 0) is 44.3 Å². The molecule has 0 bridgehead atoms. The molecule has 4 rings (SSSR count). The van der Waals surface area contributed by atoms with E-state index in [4.69, 9.17) is 0 Å². The van der Waals surface area contributed by atoms with Crippen LogP contribution < -0.4 is 0 Å². The smallest absolute Gasteiger partial charge is 0.184 e. The number of Topliss-reactive ketones (excluding diaryl/α,β-unsaturated/α-hetero) is 2. The van der Waals surface area contributed by atoms with Crippen molar-refractivity contribution < 1.29 is 18.8 Å². The van der Waals surface area contributed by atoms with Crippen molar-refractivity contribution in [2.24, 2.45) is 28.6 Å². The van der Waals surface area contributed by atoms with Crippen LogP contribution in [0.5, 0.6) is 0 Å². The predicted molar refractivity (Wildman–Crippen MR) is 86.9 cm³/mol. The minimum atomic E-state index is -2.01. The number of alkyl halides is 1. The molecule has 24 heavy (non-hydrogen) atoms. The number of halogens is 1. The number of carbonyl (C=O) groups is 3. The first-order valence-corrected chi connectivity index (χ1v) is 8.85. The number of allylic oxidation sites excluding steroid dienone is 4. The van der Waals surface area contributed by atoms with Gasteiger partial charge in [0.2, 0.25) is 0 Å². The predicted octanol–water partition coefficient (Wildman–Crippen LogP) is 3.38. The van der Waals surface area contributed by atoms with Crippen molar-refractivity contribution in [2.45, 2.75) is 52.1 Å². The Bertz CT molecular complexity index is 735. The summed E-state index contributed by atoms with van der Waals surface area (Å²) in [6, 6.07) is 0. The summed E-state index contributed by atoms with van der Waals surface area (Å²) in [5.74, 6) is -1.13. The molecule has 0 heterocycles. The number of ketones is 3. The molecule has 128 valence electrons. The quantitative estimate of drug-likeness (QED) is 0.684. The highest BCUT2D eigenvalue weighted by atomic mass is 19.1. The van der Waals surface area contributed by atoms with E-state index < -0.39 is 28.2 Å². The molecule has 3 saturated carbocycles. The summed E-state index contributed by atoms with van der Waals surface area (Å²) in [6.07, 6.45) is 6.28. The zero-order chi connectivity index (χ0) is 17.5. The standard InChI is InChI=1S/C20H23FO3/c1-11-8-15-14-5-4-12-9-13(22)6-7-19(12,3)20(14,21)16(23)10-18(15,2)17(11)24/h6-7,9,11,14-15H,4-5,8,10H2,1-3H3/t11-,14+,15+,18+,19+,20+/m1/s1. The topological polar surface area (TPSA) is 51.2 Å². The molecule has 0 aromatic rings. The zero-order valence-corrected chi connectivity index (χ0v) is 14.4. The average molecular weight is 330 g/mol. The lowest BCUT2D eigenvalue weighted by molar-refractivity contribution is -0.167. The van der Waals surface area contributed by atoms with Crippen LogP contribution in [0.3, 0.4) is 0 Å². The van der Waals surface area contributed by atoms with Gasteiger partial charge in [0.15, 0.2) is 17.2 Å². The van der Waals surface area contributed by atoms with Gasteiger partial charge in [-0.3, -0.25) is 14.4 Å². The van der Waals surface area contributed by atoms with Crippen LogP contribution in [0.15, 0.2) is 23.8 Å². The minimum Gasteiger partial charge on any atom is -0.299 e. The van der Waals surface area contributed by atoms with Crippen molar-refractivity contribution >= 4 is 17.3 Å².